The van der Waals surface area contributed by atoms with E-state index in [0.717, 1.165) is 22.2 Å². The minimum absolute atomic E-state index is 0.343. The van der Waals surface area contributed by atoms with Crippen molar-refractivity contribution in [2.45, 2.75) is 26.4 Å². The monoisotopic (exact) mass is 324 g/mol. The molecule has 1 aliphatic rings. The van der Waals surface area contributed by atoms with E-state index in [1.165, 1.54) is 0 Å². The maximum Gasteiger partial charge on any atom is 0.410 e. The second-order valence-electron chi connectivity index (χ2n) is 6.89. The van der Waals surface area contributed by atoms with Gasteiger partial charge in [-0.25, -0.2) is 9.78 Å². The van der Waals surface area contributed by atoms with Crippen LogP contribution in [0, 0.1) is 17.2 Å². The summed E-state index contributed by atoms with van der Waals surface area (Å²) in [4.78, 5) is 21.4. The van der Waals surface area contributed by atoms with Crippen LogP contribution in [-0.2, 0) is 4.74 Å². The van der Waals surface area contributed by atoms with Crippen molar-refractivity contribution in [2.75, 3.05) is 13.1 Å². The number of rotatable bonds is 1. The fraction of sp³-hybridized carbons (Fsp3) is 0.389. The number of aromatic nitrogens is 2. The van der Waals surface area contributed by atoms with Crippen molar-refractivity contribution in [3.05, 3.63) is 36.2 Å². The van der Waals surface area contributed by atoms with Crippen molar-refractivity contribution in [3.63, 3.8) is 0 Å². The Hall–Kier alpha value is -2.81. The molecule has 0 aromatic carbocycles. The molecule has 1 unspecified atom stereocenters. The molecule has 0 saturated carbocycles. The van der Waals surface area contributed by atoms with Crippen LogP contribution >= 0.6 is 0 Å². The van der Waals surface area contributed by atoms with Crippen LogP contribution in [0.25, 0.3) is 16.6 Å². The Bertz CT molecular complexity index is 839. The fourth-order valence-electron chi connectivity index (χ4n) is 2.80. The molecule has 2 aromatic heterocycles. The van der Waals surface area contributed by atoms with Crippen molar-refractivity contribution in [2.24, 2.45) is 5.92 Å². The predicted octanol–water partition coefficient (Wildman–Crippen LogP) is 3.34. The van der Waals surface area contributed by atoms with Gasteiger partial charge in [0.2, 0.25) is 0 Å². The molecule has 0 radical (unpaired) electrons. The lowest BCUT2D eigenvalue weighted by molar-refractivity contribution is 0.0260. The number of nitrogens with zero attached hydrogens (tertiary/aromatic N) is 3. The number of carbonyl (C=O) groups excluding carboxylic acids is 1. The van der Waals surface area contributed by atoms with E-state index in [1.807, 2.05) is 45.2 Å². The Labute approximate surface area is 140 Å². The zero-order valence-electron chi connectivity index (χ0n) is 14.0. The second kappa shape index (κ2) is 6.00. The summed E-state index contributed by atoms with van der Waals surface area (Å²) in [6.07, 6.45) is 5.13. The number of carbonyl (C=O) groups is 1. The molecule has 6 heteroatoms. The number of nitriles is 1. The molecule has 0 aliphatic carbocycles. The van der Waals surface area contributed by atoms with Crippen LogP contribution in [0.1, 0.15) is 26.3 Å². The summed E-state index contributed by atoms with van der Waals surface area (Å²) in [6, 6.07) is 6.09. The van der Waals surface area contributed by atoms with E-state index in [9.17, 15) is 10.1 Å². The quantitative estimate of drug-likeness (QED) is 0.872. The van der Waals surface area contributed by atoms with E-state index in [-0.39, 0.29) is 5.92 Å². The van der Waals surface area contributed by atoms with E-state index in [1.54, 1.807) is 11.1 Å². The molecule has 1 N–H and O–H groups in total. The first-order valence-corrected chi connectivity index (χ1v) is 7.88. The number of hydrogen-bond acceptors (Lipinski definition) is 4. The van der Waals surface area contributed by atoms with Gasteiger partial charge in [-0.3, -0.25) is 0 Å². The van der Waals surface area contributed by atoms with E-state index < -0.39 is 11.7 Å². The predicted molar refractivity (Wildman–Crippen MR) is 91.0 cm³/mol. The molecule has 0 fully saturated rings. The third-order valence-corrected chi connectivity index (χ3v) is 3.80. The average Bonchev–Trinajstić information content (AvgIpc) is 2.97. The smallest absolute Gasteiger partial charge is 0.410 e. The highest BCUT2D eigenvalue weighted by molar-refractivity contribution is 5.92. The molecule has 0 saturated heterocycles. The molecule has 124 valence electrons. The highest BCUT2D eigenvalue weighted by atomic mass is 16.6. The average molecular weight is 324 g/mol. The van der Waals surface area contributed by atoms with E-state index >= 15 is 0 Å². The van der Waals surface area contributed by atoms with E-state index in [4.69, 9.17) is 4.74 Å². The summed E-state index contributed by atoms with van der Waals surface area (Å²) >= 11 is 0. The molecular formula is C18H20N4O2. The summed E-state index contributed by atoms with van der Waals surface area (Å²) < 4.78 is 5.45. The van der Waals surface area contributed by atoms with Crippen LogP contribution in [0.15, 0.2) is 30.6 Å². The summed E-state index contributed by atoms with van der Waals surface area (Å²) in [6.45, 7) is 6.25. The third-order valence-electron chi connectivity index (χ3n) is 3.80. The lowest BCUT2D eigenvalue weighted by Crippen LogP contribution is -2.42. The van der Waals surface area contributed by atoms with Crippen LogP contribution < -0.4 is 0 Å². The van der Waals surface area contributed by atoms with Crippen molar-refractivity contribution in [1.82, 2.24) is 14.9 Å². The molecule has 3 rings (SSSR count). The number of hydrogen-bond donors (Lipinski definition) is 1. The highest BCUT2D eigenvalue weighted by Gasteiger charge is 2.29. The van der Waals surface area contributed by atoms with Crippen molar-refractivity contribution in [1.29, 1.82) is 5.26 Å². The first kappa shape index (κ1) is 16.1. The van der Waals surface area contributed by atoms with Gasteiger partial charge in [0.05, 0.1) is 12.0 Å². The second-order valence-corrected chi connectivity index (χ2v) is 6.89. The Balaban J connectivity index is 1.92. The Morgan fingerprint density at radius 2 is 2.29 bits per heavy atom. The zero-order valence-corrected chi connectivity index (χ0v) is 14.0. The van der Waals surface area contributed by atoms with Gasteiger partial charge in [-0.15, -0.1) is 0 Å². The van der Waals surface area contributed by atoms with Gasteiger partial charge in [-0.2, -0.15) is 5.26 Å². The lowest BCUT2D eigenvalue weighted by atomic mass is 9.96. The number of nitrogens with one attached hydrogen (secondary N) is 1. The molecular weight excluding hydrogens is 304 g/mol. The number of pyridine rings is 1. The van der Waals surface area contributed by atoms with Crippen LogP contribution in [0.2, 0.25) is 0 Å². The molecule has 2 aromatic rings. The standard InChI is InChI=1S/C18H20N4O2/c1-18(2,3)24-17(23)22-10-12(8-19)7-13(11-22)15-9-21-16-14(15)5-4-6-20-16/h4-7,9,12H,10-11H2,1-3H3,(H,20,21). The first-order chi connectivity index (χ1) is 11.4. The molecule has 1 atom stereocenters. The van der Waals surface area contributed by atoms with E-state index in [0.29, 0.717) is 13.1 Å². The van der Waals surface area contributed by atoms with Crippen LogP contribution in [0.5, 0.6) is 0 Å². The number of H-pyrrole nitrogens is 1. The topological polar surface area (TPSA) is 82.0 Å². The summed E-state index contributed by atoms with van der Waals surface area (Å²) in [5, 5.41) is 10.3. The minimum Gasteiger partial charge on any atom is -0.444 e. The highest BCUT2D eigenvalue weighted by Crippen LogP contribution is 2.29. The van der Waals surface area contributed by atoms with Gasteiger partial charge >= 0.3 is 6.09 Å². The van der Waals surface area contributed by atoms with Gasteiger partial charge in [0.1, 0.15) is 11.2 Å². The zero-order chi connectivity index (χ0) is 17.3. The third kappa shape index (κ3) is 3.25. The van der Waals surface area contributed by atoms with Crippen molar-refractivity contribution >= 4 is 22.7 Å². The molecule has 0 spiro atoms. The van der Waals surface area contributed by atoms with E-state index in [2.05, 4.69) is 16.0 Å². The van der Waals surface area contributed by atoms with Gasteiger partial charge in [-0.1, -0.05) is 6.08 Å². The molecule has 6 nitrogen and oxygen atoms in total. The van der Waals surface area contributed by atoms with Gasteiger partial charge in [0, 0.05) is 36.4 Å². The maximum absolute atomic E-state index is 12.4. The minimum atomic E-state index is -0.564. The first-order valence-electron chi connectivity index (χ1n) is 7.88. The Morgan fingerprint density at radius 3 is 3.00 bits per heavy atom. The van der Waals surface area contributed by atoms with Gasteiger partial charge in [0.15, 0.2) is 0 Å². The Morgan fingerprint density at radius 1 is 1.50 bits per heavy atom. The largest absolute Gasteiger partial charge is 0.444 e. The summed E-state index contributed by atoms with van der Waals surface area (Å²) in [5.41, 5.74) is 2.12. The fourth-order valence-corrected chi connectivity index (χ4v) is 2.80. The molecule has 24 heavy (non-hydrogen) atoms. The van der Waals surface area contributed by atoms with Crippen molar-refractivity contribution < 1.29 is 9.53 Å². The molecule has 0 bridgehead atoms. The van der Waals surface area contributed by atoms with Crippen molar-refractivity contribution in [3.8, 4) is 6.07 Å². The lowest BCUT2D eigenvalue weighted by Gasteiger charge is -2.31. The summed E-state index contributed by atoms with van der Waals surface area (Å²) in [5.74, 6) is -0.358. The maximum atomic E-state index is 12.4. The molecule has 1 amide bonds. The number of amides is 1. The van der Waals surface area contributed by atoms with Gasteiger partial charge in [-0.05, 0) is 38.5 Å². The molecule has 1 aliphatic heterocycles. The van der Waals surface area contributed by atoms with Crippen LogP contribution in [0.4, 0.5) is 4.79 Å². The van der Waals surface area contributed by atoms with Gasteiger partial charge in [0.25, 0.3) is 0 Å². The Kier molecular flexibility index (Phi) is 4.02. The number of fused-ring (bicyclic) bond motifs is 1. The molecule has 3 heterocycles. The van der Waals surface area contributed by atoms with Crippen LogP contribution in [0.3, 0.4) is 0 Å². The van der Waals surface area contributed by atoms with Gasteiger partial charge < -0.3 is 14.6 Å². The van der Waals surface area contributed by atoms with Crippen LogP contribution in [-0.4, -0.2) is 39.7 Å². The normalized spacial score (nSPS) is 18.2. The summed E-state index contributed by atoms with van der Waals surface area (Å²) in [7, 11) is 0. The number of aromatic amines is 1. The SMILES string of the molecule is CC(C)(C)OC(=O)N1CC(c2c[nH]c3ncccc23)=CC(C#N)C1. The number of ether oxygens (including phenoxy) is 1.